The Labute approximate surface area is 337 Å². The normalized spacial score (nSPS) is 20.8. The monoisotopic (exact) mass is 907 g/mol. The molecule has 0 unspecified atom stereocenters. The van der Waals surface area contributed by atoms with E-state index in [0.717, 1.165) is 85.4 Å². The summed E-state index contributed by atoms with van der Waals surface area (Å²) in [6.07, 6.45) is 28.9. The number of hydrogen-bond acceptors (Lipinski definition) is 4. The first-order valence-corrected chi connectivity index (χ1v) is 22.8. The number of rotatable bonds is 6. The van der Waals surface area contributed by atoms with Crippen LogP contribution >= 0.6 is 0 Å². The Morgan fingerprint density at radius 3 is 2.13 bits per heavy atom. The van der Waals surface area contributed by atoms with Crippen LogP contribution in [0, 0.1) is 0 Å². The van der Waals surface area contributed by atoms with Crippen molar-refractivity contribution in [3.05, 3.63) is 125 Å². The third-order valence-electron chi connectivity index (χ3n) is 13.0. The number of allylic oxidation sites excluding steroid dienone is 8. The first-order chi connectivity index (χ1) is 26.6. The molecule has 273 valence electrons. The molecule has 4 nitrogen and oxygen atoms in total. The van der Waals surface area contributed by atoms with E-state index in [1.807, 2.05) is 6.26 Å². The van der Waals surface area contributed by atoms with Crippen LogP contribution in [0.1, 0.15) is 109 Å². The Morgan fingerprint density at radius 1 is 0.704 bits per heavy atom. The van der Waals surface area contributed by atoms with E-state index in [9.17, 15) is 0 Å². The Morgan fingerprint density at radius 2 is 1.39 bits per heavy atom. The number of fused-ring (bicyclic) bond motifs is 4. The van der Waals surface area contributed by atoms with Crippen molar-refractivity contribution in [3.8, 4) is 5.75 Å². The molecular formula is C49H51N2O2Pb. The van der Waals surface area contributed by atoms with Crippen LogP contribution in [0.4, 0.5) is 11.4 Å². The van der Waals surface area contributed by atoms with Crippen molar-refractivity contribution in [1.82, 2.24) is 0 Å². The van der Waals surface area contributed by atoms with Gasteiger partial charge in [0, 0.05) is 24.3 Å². The minimum absolute atomic E-state index is 0.894. The minimum atomic E-state index is 0.894. The molecule has 0 spiro atoms. The van der Waals surface area contributed by atoms with Gasteiger partial charge in [-0.05, 0) is 37.3 Å². The van der Waals surface area contributed by atoms with Gasteiger partial charge in [-0.3, -0.25) is 0 Å². The van der Waals surface area contributed by atoms with E-state index in [2.05, 4.69) is 84.4 Å². The maximum atomic E-state index is 6.64. The topological polar surface area (TPSA) is 28.9 Å². The zero-order chi connectivity index (χ0) is 36.3. The molecule has 0 saturated carbocycles. The van der Waals surface area contributed by atoms with E-state index < -0.39 is 0 Å². The number of hydrogen-bond donors (Lipinski definition) is 0. The van der Waals surface area contributed by atoms with Gasteiger partial charge in [-0.2, -0.15) is 0 Å². The van der Waals surface area contributed by atoms with E-state index in [4.69, 9.17) is 9.15 Å². The third-order valence-corrected chi connectivity index (χ3v) is 13.9. The molecule has 6 aliphatic rings. The van der Waals surface area contributed by atoms with E-state index in [1.54, 1.807) is 0 Å². The number of furan rings is 1. The average Bonchev–Trinajstić information content (AvgIpc) is 3.62. The molecule has 5 heteroatoms. The Balaban J connectivity index is 1.09. The fourth-order valence-corrected chi connectivity index (χ4v) is 11.5. The van der Waals surface area contributed by atoms with Crippen molar-refractivity contribution in [2.75, 3.05) is 36.0 Å². The van der Waals surface area contributed by atoms with Gasteiger partial charge in [0.25, 0.3) is 0 Å². The van der Waals surface area contributed by atoms with Gasteiger partial charge in [0.05, 0.1) is 0 Å². The van der Waals surface area contributed by atoms with Gasteiger partial charge in [0.1, 0.15) is 5.58 Å². The summed E-state index contributed by atoms with van der Waals surface area (Å²) in [5.41, 5.74) is 22.4. The first-order valence-electron chi connectivity index (χ1n) is 20.9. The van der Waals surface area contributed by atoms with Gasteiger partial charge >= 0.3 is 262 Å². The van der Waals surface area contributed by atoms with Crippen LogP contribution in [0.25, 0.3) is 28.2 Å². The van der Waals surface area contributed by atoms with Crippen molar-refractivity contribution in [2.45, 2.75) is 97.3 Å². The summed E-state index contributed by atoms with van der Waals surface area (Å²) in [5.74, 6) is 1.14. The summed E-state index contributed by atoms with van der Waals surface area (Å²) in [6, 6.07) is 12.3. The van der Waals surface area contributed by atoms with Crippen molar-refractivity contribution in [2.24, 2.45) is 0 Å². The van der Waals surface area contributed by atoms with Crippen LogP contribution in [0.5, 0.6) is 5.75 Å². The van der Waals surface area contributed by atoms with E-state index in [-0.39, 0.29) is 0 Å². The molecule has 0 saturated heterocycles. The van der Waals surface area contributed by atoms with Gasteiger partial charge < -0.3 is 9.32 Å². The Hall–Kier alpha value is -3.78. The second-order valence-electron chi connectivity index (χ2n) is 16.3. The molecule has 3 radical (unpaired) electrons. The van der Waals surface area contributed by atoms with Crippen LogP contribution in [0.3, 0.4) is 0 Å². The zero-order valence-electron chi connectivity index (χ0n) is 32.1. The number of ether oxygens (including phenoxy) is 1. The van der Waals surface area contributed by atoms with Crippen molar-refractivity contribution >= 4 is 65.3 Å². The standard InChI is InChI=1S/C49H51N2O2.Pb/c1-3-32-26-33(4-2)28-40(27-32)45-35(17-16-34-20-25-52-48-41-14-8-23-50-21-6-12-37(46(41)50)29-43(34)48)10-5-11-36(45)18-19-39-31-53-49-42-15-9-24-51-22-7-13-38(47(42)51)30-44(39)49;/h16-20,26-31H,3-15,21-24H2,1-2H3;/b19-18+,34-16+,35-17+;. The summed E-state index contributed by atoms with van der Waals surface area (Å²) < 4.78 is 14.2. The van der Waals surface area contributed by atoms with Crippen molar-refractivity contribution in [1.29, 1.82) is 0 Å². The quantitative estimate of drug-likeness (QED) is 0.180. The first kappa shape index (κ1) is 34.7. The molecule has 5 aliphatic heterocycles. The van der Waals surface area contributed by atoms with Gasteiger partial charge in [0.15, 0.2) is 0 Å². The SMILES string of the molecule is CCc1cc(CC)cc(C2=C(/C=C/c3coc4c5c6c(cc34)CCCN6CCC5)CCC/C2=C\C=C2/C=[C]([Pb])Oc3c2cc2c4c3CCCN4CCC2)c1. The number of benzene rings is 3. The Bertz CT molecular complexity index is 2320. The second kappa shape index (κ2) is 14.4. The molecule has 54 heavy (non-hydrogen) atoms. The molecular weight excluding hydrogens is 856 g/mol. The van der Waals surface area contributed by atoms with Gasteiger partial charge in [-0.25, -0.2) is 0 Å². The summed E-state index contributed by atoms with van der Waals surface area (Å²) in [4.78, 5) is 5.24. The van der Waals surface area contributed by atoms with E-state index in [1.165, 1.54) is 154 Å². The van der Waals surface area contributed by atoms with Crippen LogP contribution in [0.15, 0.2) is 79.8 Å². The van der Waals surface area contributed by atoms with Gasteiger partial charge in [-0.1, -0.05) is 0 Å². The molecule has 0 N–H and O–H groups in total. The molecule has 10 rings (SSSR count). The van der Waals surface area contributed by atoms with Crippen molar-refractivity contribution < 1.29 is 9.15 Å². The molecule has 0 fully saturated rings. The molecule has 1 aromatic heterocycles. The van der Waals surface area contributed by atoms with Crippen LogP contribution in [-0.2, 0) is 38.5 Å². The summed E-state index contributed by atoms with van der Waals surface area (Å²) >= 11 is 0.894. The molecule has 0 amide bonds. The van der Waals surface area contributed by atoms with Gasteiger partial charge in [-0.15, -0.1) is 0 Å². The predicted octanol–water partition coefficient (Wildman–Crippen LogP) is 11.0. The zero-order valence-corrected chi connectivity index (χ0v) is 36.0. The third kappa shape index (κ3) is 6.06. The maximum absolute atomic E-state index is 6.64. The molecule has 0 bridgehead atoms. The number of anilines is 2. The fraction of sp³-hybridized carbons (Fsp3) is 0.388. The molecule has 6 heterocycles. The number of aryl methyl sites for hydroxylation is 5. The predicted molar refractivity (Wildman–Crippen MR) is 226 cm³/mol. The molecule has 3 aromatic carbocycles. The van der Waals surface area contributed by atoms with Crippen molar-refractivity contribution in [3.63, 3.8) is 0 Å². The summed E-state index contributed by atoms with van der Waals surface area (Å²) in [5, 5.41) is 1.29. The Kier molecular flexibility index (Phi) is 9.24. The van der Waals surface area contributed by atoms with E-state index in [0.29, 0.717) is 0 Å². The number of nitrogens with zero attached hydrogens (tertiary/aromatic N) is 2. The van der Waals surface area contributed by atoms with E-state index >= 15 is 0 Å². The summed E-state index contributed by atoms with van der Waals surface area (Å²) in [6.45, 7) is 9.30. The molecule has 0 atom stereocenters. The molecule has 4 aromatic rings. The second-order valence-corrected chi connectivity index (χ2v) is 18.2. The van der Waals surface area contributed by atoms with Gasteiger partial charge in [0.2, 0.25) is 0 Å². The summed E-state index contributed by atoms with van der Waals surface area (Å²) in [7, 11) is 0. The van der Waals surface area contributed by atoms with Crippen LogP contribution < -0.4 is 14.5 Å². The van der Waals surface area contributed by atoms with Crippen LogP contribution in [0.2, 0.25) is 0 Å². The molecule has 1 aliphatic carbocycles. The average molecular weight is 907 g/mol. The van der Waals surface area contributed by atoms with Crippen LogP contribution in [-0.4, -0.2) is 51.9 Å². The fourth-order valence-electron chi connectivity index (χ4n) is 10.5.